The second-order valence-corrected chi connectivity index (χ2v) is 16.3. The second-order valence-electron chi connectivity index (χ2n) is 11.8. The minimum atomic E-state index is -1.55. The van der Waals surface area contributed by atoms with Gasteiger partial charge >= 0.3 is 0 Å². The maximum Gasteiger partial charge on any atom is 0.184 e. The first-order valence-corrected chi connectivity index (χ1v) is 14.6. The Morgan fingerprint density at radius 3 is 2.31 bits per heavy atom. The third-order valence-corrected chi connectivity index (χ3v) is 10.6. The molecular weight excluding hydrogens is 336 g/mol. The summed E-state index contributed by atoms with van der Waals surface area (Å²) in [5.41, 5.74) is 0.853. The van der Waals surface area contributed by atoms with Gasteiger partial charge in [-0.15, -0.1) is 0 Å². The van der Waals surface area contributed by atoms with Crippen molar-refractivity contribution in [2.75, 3.05) is 0 Å². The van der Waals surface area contributed by atoms with E-state index in [4.69, 9.17) is 4.43 Å². The molecule has 0 N–H and O–H groups in total. The van der Waals surface area contributed by atoms with Crippen LogP contribution in [0.2, 0.25) is 19.6 Å². The normalized spacial score (nSPS) is 51.5. The number of carbonyl (C=O) groups excluding carboxylic acids is 1. The van der Waals surface area contributed by atoms with Crippen LogP contribution in [0.4, 0.5) is 0 Å². The highest BCUT2D eigenvalue weighted by Crippen LogP contribution is 2.68. The fraction of sp³-hybridized carbons (Fsp3) is 0.957. The Kier molecular flexibility index (Phi) is 4.37. The number of ketones is 1. The van der Waals surface area contributed by atoms with E-state index in [2.05, 4.69) is 40.4 Å². The van der Waals surface area contributed by atoms with Gasteiger partial charge in [0.25, 0.3) is 0 Å². The van der Waals surface area contributed by atoms with Gasteiger partial charge in [0.05, 0.1) is 5.60 Å². The molecule has 0 saturated heterocycles. The zero-order valence-corrected chi connectivity index (χ0v) is 19.0. The smallest absolute Gasteiger partial charge is 0.184 e. The number of hydrogen-bond acceptors (Lipinski definition) is 2. The molecule has 4 saturated carbocycles. The number of carbonyl (C=O) groups is 1. The topological polar surface area (TPSA) is 26.3 Å². The number of rotatable bonds is 2. The van der Waals surface area contributed by atoms with Gasteiger partial charge in [0.2, 0.25) is 0 Å². The molecular formula is C23H40O2Si. The standard InChI is InChI=1S/C23H40O2Si/c1-21-12-9-17(24)15-16(21)7-8-18-19(21)10-13-22(2)20(18)11-14-23(22,3)25-26(4,5)6/h16,18-20H,7-15H2,1-6H3/t16-,18?,19?,20?,21?,22?,23-/m0/s1. The number of fused-ring (bicyclic) bond motifs is 5. The van der Waals surface area contributed by atoms with Crippen molar-refractivity contribution < 1.29 is 9.22 Å². The molecule has 0 spiro atoms. The largest absolute Gasteiger partial charge is 0.412 e. The number of Topliss-reactive ketones (excluding diaryl/α,β-unsaturated/α-hetero) is 1. The first-order valence-electron chi connectivity index (χ1n) is 11.2. The SMILES string of the molecule is CC12CCC(=O)C[C@@H]1CCC1C2CCC2(C)C1CC[C@]2(C)O[Si](C)(C)C. The molecule has 4 aliphatic carbocycles. The molecule has 4 aliphatic rings. The summed E-state index contributed by atoms with van der Waals surface area (Å²) in [7, 11) is -1.55. The molecule has 2 nitrogen and oxygen atoms in total. The van der Waals surface area contributed by atoms with Crippen LogP contribution in [0.1, 0.15) is 78.6 Å². The van der Waals surface area contributed by atoms with E-state index in [0.29, 0.717) is 22.5 Å². The third-order valence-electron chi connectivity index (χ3n) is 9.54. The Morgan fingerprint density at radius 1 is 0.923 bits per heavy atom. The van der Waals surface area contributed by atoms with Gasteiger partial charge in [-0.1, -0.05) is 13.8 Å². The van der Waals surface area contributed by atoms with Gasteiger partial charge in [0, 0.05) is 12.8 Å². The monoisotopic (exact) mass is 376 g/mol. The molecule has 5 unspecified atom stereocenters. The predicted octanol–water partition coefficient (Wildman–Crippen LogP) is 6.21. The van der Waals surface area contributed by atoms with Crippen LogP contribution in [0.3, 0.4) is 0 Å². The summed E-state index contributed by atoms with van der Waals surface area (Å²) in [6.07, 6.45) is 10.8. The predicted molar refractivity (Wildman–Crippen MR) is 110 cm³/mol. The van der Waals surface area contributed by atoms with Crippen LogP contribution >= 0.6 is 0 Å². The molecule has 0 aromatic heterocycles. The van der Waals surface area contributed by atoms with Crippen molar-refractivity contribution in [3.05, 3.63) is 0 Å². The number of hydrogen-bond donors (Lipinski definition) is 0. The van der Waals surface area contributed by atoms with E-state index in [1.807, 2.05) is 0 Å². The van der Waals surface area contributed by atoms with Crippen molar-refractivity contribution >= 4 is 14.1 Å². The van der Waals surface area contributed by atoms with E-state index in [-0.39, 0.29) is 5.60 Å². The van der Waals surface area contributed by atoms with Crippen molar-refractivity contribution in [2.45, 2.75) is 104 Å². The summed E-state index contributed by atoms with van der Waals surface area (Å²) in [6.45, 7) is 14.6. The lowest BCUT2D eigenvalue weighted by Gasteiger charge is -2.61. The zero-order chi connectivity index (χ0) is 19.0. The fourth-order valence-electron chi connectivity index (χ4n) is 8.11. The molecule has 26 heavy (non-hydrogen) atoms. The minimum absolute atomic E-state index is 0.0768. The summed E-state index contributed by atoms with van der Waals surface area (Å²) in [4.78, 5) is 12.1. The van der Waals surface area contributed by atoms with Gasteiger partial charge in [-0.3, -0.25) is 4.79 Å². The highest BCUT2D eigenvalue weighted by atomic mass is 28.4. The average Bonchev–Trinajstić information content (AvgIpc) is 2.77. The summed E-state index contributed by atoms with van der Waals surface area (Å²) in [5.74, 6) is 3.75. The molecule has 0 heterocycles. The lowest BCUT2D eigenvalue weighted by atomic mass is 9.44. The lowest BCUT2D eigenvalue weighted by Crippen LogP contribution is -2.57. The average molecular weight is 377 g/mol. The molecule has 0 aliphatic heterocycles. The maximum atomic E-state index is 12.1. The van der Waals surface area contributed by atoms with E-state index in [1.54, 1.807) is 0 Å². The van der Waals surface area contributed by atoms with E-state index >= 15 is 0 Å². The quantitative estimate of drug-likeness (QED) is 0.536. The van der Waals surface area contributed by atoms with E-state index in [9.17, 15) is 4.79 Å². The van der Waals surface area contributed by atoms with Crippen LogP contribution in [0.25, 0.3) is 0 Å². The Balaban J connectivity index is 1.61. The van der Waals surface area contributed by atoms with Crippen molar-refractivity contribution in [1.82, 2.24) is 0 Å². The van der Waals surface area contributed by atoms with Crippen molar-refractivity contribution in [3.8, 4) is 0 Å². The third kappa shape index (κ3) is 2.70. The van der Waals surface area contributed by atoms with Crippen LogP contribution < -0.4 is 0 Å². The van der Waals surface area contributed by atoms with Crippen molar-refractivity contribution in [2.24, 2.45) is 34.5 Å². The molecule has 0 amide bonds. The molecule has 148 valence electrons. The van der Waals surface area contributed by atoms with E-state index < -0.39 is 8.32 Å². The summed E-state index contributed by atoms with van der Waals surface area (Å²) in [6, 6.07) is 0. The molecule has 4 fully saturated rings. The molecule has 4 rings (SSSR count). The van der Waals surface area contributed by atoms with Gasteiger partial charge in [0.1, 0.15) is 5.78 Å². The highest BCUT2D eigenvalue weighted by Gasteiger charge is 2.64. The van der Waals surface area contributed by atoms with Crippen LogP contribution in [0, 0.1) is 34.5 Å². The molecule has 0 aromatic rings. The van der Waals surface area contributed by atoms with Gasteiger partial charge in [-0.25, -0.2) is 0 Å². The Labute approximate surface area is 162 Å². The fourth-order valence-corrected chi connectivity index (χ4v) is 9.80. The van der Waals surface area contributed by atoms with Crippen LogP contribution in [-0.2, 0) is 9.22 Å². The Bertz CT molecular complexity index is 596. The molecule has 0 aromatic carbocycles. The maximum absolute atomic E-state index is 12.1. The minimum Gasteiger partial charge on any atom is -0.412 e. The van der Waals surface area contributed by atoms with Crippen LogP contribution in [-0.4, -0.2) is 19.7 Å². The summed E-state index contributed by atoms with van der Waals surface area (Å²) >= 11 is 0. The molecule has 3 heteroatoms. The lowest BCUT2D eigenvalue weighted by molar-refractivity contribution is -0.149. The Hall–Kier alpha value is -0.153. The first kappa shape index (κ1) is 19.2. The van der Waals surface area contributed by atoms with Crippen LogP contribution in [0.15, 0.2) is 0 Å². The molecule has 0 radical (unpaired) electrons. The highest BCUT2D eigenvalue weighted by molar-refractivity contribution is 6.69. The summed E-state index contributed by atoms with van der Waals surface area (Å²) < 4.78 is 6.88. The van der Waals surface area contributed by atoms with Crippen molar-refractivity contribution in [1.29, 1.82) is 0 Å². The Morgan fingerprint density at radius 2 is 1.62 bits per heavy atom. The van der Waals surface area contributed by atoms with Gasteiger partial charge in [-0.05, 0) is 106 Å². The molecule has 0 bridgehead atoms. The summed E-state index contributed by atoms with van der Waals surface area (Å²) in [5, 5.41) is 0. The van der Waals surface area contributed by atoms with Gasteiger partial charge < -0.3 is 4.43 Å². The van der Waals surface area contributed by atoms with E-state index in [0.717, 1.165) is 37.0 Å². The van der Waals surface area contributed by atoms with E-state index in [1.165, 1.54) is 38.5 Å². The second kappa shape index (κ2) is 5.92. The van der Waals surface area contributed by atoms with Crippen molar-refractivity contribution in [3.63, 3.8) is 0 Å². The molecule has 7 atom stereocenters. The first-order chi connectivity index (χ1) is 12.0. The van der Waals surface area contributed by atoms with Crippen LogP contribution in [0.5, 0.6) is 0 Å². The van der Waals surface area contributed by atoms with Gasteiger partial charge in [0.15, 0.2) is 8.32 Å². The van der Waals surface area contributed by atoms with Gasteiger partial charge in [-0.2, -0.15) is 0 Å². The zero-order valence-electron chi connectivity index (χ0n) is 18.0.